The van der Waals surface area contributed by atoms with Gasteiger partial charge in [-0.25, -0.2) is 0 Å². The average Bonchev–Trinajstić information content (AvgIpc) is 3.03. The first-order valence-electron chi connectivity index (χ1n) is 13.6. The number of carbonyl (C=O) groups is 3. The van der Waals surface area contributed by atoms with Gasteiger partial charge in [0.05, 0.1) is 7.11 Å². The van der Waals surface area contributed by atoms with Crippen LogP contribution in [-0.2, 0) is 19.1 Å². The van der Waals surface area contributed by atoms with Crippen molar-refractivity contribution in [2.45, 2.75) is 106 Å². The molecule has 192 valence electrons. The van der Waals surface area contributed by atoms with Crippen LogP contribution in [0.5, 0.6) is 0 Å². The molecule has 0 amide bonds. The molecule has 3 rings (SSSR count). The molecule has 4 nitrogen and oxygen atoms in total. The maximum absolute atomic E-state index is 12.7. The molecule has 0 aliphatic heterocycles. The van der Waals surface area contributed by atoms with Crippen LogP contribution in [0.15, 0.2) is 11.6 Å². The van der Waals surface area contributed by atoms with Crippen molar-refractivity contribution in [1.82, 2.24) is 0 Å². The van der Waals surface area contributed by atoms with Crippen LogP contribution in [0.4, 0.5) is 0 Å². The largest absolute Gasteiger partial charge is 0.469 e. The first-order valence-corrected chi connectivity index (χ1v) is 13.6. The lowest BCUT2D eigenvalue weighted by molar-refractivity contribution is -0.143. The number of rotatable bonds is 9. The van der Waals surface area contributed by atoms with E-state index in [0.29, 0.717) is 55.1 Å². The van der Waals surface area contributed by atoms with Crippen molar-refractivity contribution in [1.29, 1.82) is 0 Å². The van der Waals surface area contributed by atoms with Crippen LogP contribution in [0.3, 0.4) is 0 Å². The predicted octanol–water partition coefficient (Wildman–Crippen LogP) is 6.96. The Labute approximate surface area is 207 Å². The third kappa shape index (κ3) is 4.55. The summed E-state index contributed by atoms with van der Waals surface area (Å²) in [5.74, 6) is 2.11. The summed E-state index contributed by atoms with van der Waals surface area (Å²) < 4.78 is 4.95. The van der Waals surface area contributed by atoms with Crippen LogP contribution in [0.2, 0.25) is 0 Å². The molecule has 3 aliphatic carbocycles. The van der Waals surface area contributed by atoms with Crippen LogP contribution in [0.25, 0.3) is 0 Å². The number of ketones is 2. The highest BCUT2D eigenvalue weighted by Crippen LogP contribution is 2.71. The van der Waals surface area contributed by atoms with Crippen LogP contribution in [0.1, 0.15) is 106 Å². The minimum atomic E-state index is -0.217. The first-order chi connectivity index (χ1) is 15.8. The second kappa shape index (κ2) is 9.90. The summed E-state index contributed by atoms with van der Waals surface area (Å²) in [7, 11) is 1.44. The Morgan fingerprint density at radius 3 is 2.32 bits per heavy atom. The third-order valence-corrected chi connectivity index (χ3v) is 10.6. The molecule has 3 aliphatic rings. The molecule has 0 N–H and O–H groups in total. The van der Waals surface area contributed by atoms with E-state index < -0.39 is 0 Å². The van der Waals surface area contributed by atoms with Gasteiger partial charge in [-0.3, -0.25) is 14.4 Å². The zero-order valence-corrected chi connectivity index (χ0v) is 23.0. The first kappa shape index (κ1) is 27.1. The van der Waals surface area contributed by atoms with Gasteiger partial charge in [0.25, 0.3) is 0 Å². The summed E-state index contributed by atoms with van der Waals surface area (Å²) in [6, 6.07) is 0. The molecular weight excluding hydrogens is 424 g/mol. The highest BCUT2D eigenvalue weighted by Gasteiger charge is 2.63. The van der Waals surface area contributed by atoms with Crippen molar-refractivity contribution in [2.75, 3.05) is 7.11 Å². The number of Topliss-reactive ketones (excluding diaryl/α,β-unsaturated/α-hetero) is 2. The van der Waals surface area contributed by atoms with E-state index in [0.717, 1.165) is 25.7 Å². The van der Waals surface area contributed by atoms with Crippen molar-refractivity contribution in [2.24, 2.45) is 45.8 Å². The molecule has 7 atom stereocenters. The maximum atomic E-state index is 12.7. The molecule has 4 heteroatoms. The highest BCUT2D eigenvalue weighted by molar-refractivity contribution is 5.80. The van der Waals surface area contributed by atoms with E-state index in [1.807, 2.05) is 0 Å². The van der Waals surface area contributed by atoms with E-state index in [4.69, 9.17) is 4.74 Å². The minimum Gasteiger partial charge on any atom is -0.469 e. The summed E-state index contributed by atoms with van der Waals surface area (Å²) in [6.45, 7) is 15.5. The second-order valence-corrected chi connectivity index (χ2v) is 12.9. The van der Waals surface area contributed by atoms with Gasteiger partial charge in [-0.1, -0.05) is 53.2 Å². The molecule has 0 saturated heterocycles. The number of methoxy groups -OCH3 is 1. The number of carbonyl (C=O) groups excluding carboxylic acids is 3. The van der Waals surface area contributed by atoms with E-state index in [2.05, 4.69) is 47.6 Å². The number of esters is 1. The van der Waals surface area contributed by atoms with Gasteiger partial charge in [0, 0.05) is 25.2 Å². The fourth-order valence-corrected chi connectivity index (χ4v) is 8.59. The summed E-state index contributed by atoms with van der Waals surface area (Å²) in [4.78, 5) is 37.4. The standard InChI is InChI=1S/C30H48O4/c1-19(2)17-22(32)18-20(3)23-11-15-30(7)26-10-9-24(21(4)31)28(5,14-13-27(33)34-8)25(26)12-16-29(23,30)6/h10,19-20,23-25H,9,11-18H2,1-8H3/t20-,23-,24-,25-,28-,29-,30+/m0/s1. The molecule has 0 bridgehead atoms. The molecule has 0 unspecified atom stereocenters. The van der Waals surface area contributed by atoms with Gasteiger partial charge >= 0.3 is 5.97 Å². The lowest BCUT2D eigenvalue weighted by atomic mass is 9.44. The molecule has 2 fully saturated rings. The lowest BCUT2D eigenvalue weighted by Crippen LogP contribution is -2.53. The number of fused-ring (bicyclic) bond motifs is 3. The summed E-state index contributed by atoms with van der Waals surface area (Å²) in [6.07, 6.45) is 10.1. The molecule has 0 heterocycles. The number of hydrogen-bond acceptors (Lipinski definition) is 4. The maximum Gasteiger partial charge on any atom is 0.305 e. The minimum absolute atomic E-state index is 0.0383. The topological polar surface area (TPSA) is 60.4 Å². The second-order valence-electron chi connectivity index (χ2n) is 12.9. The Kier molecular flexibility index (Phi) is 7.90. The summed E-state index contributed by atoms with van der Waals surface area (Å²) >= 11 is 0. The normalized spacial score (nSPS) is 38.0. The van der Waals surface area contributed by atoms with E-state index >= 15 is 0 Å². The molecule has 0 radical (unpaired) electrons. The van der Waals surface area contributed by atoms with Gasteiger partial charge in [0.2, 0.25) is 0 Å². The zero-order chi connectivity index (χ0) is 25.5. The highest BCUT2D eigenvalue weighted by atomic mass is 16.5. The average molecular weight is 473 g/mol. The smallest absolute Gasteiger partial charge is 0.305 e. The fourth-order valence-electron chi connectivity index (χ4n) is 8.59. The molecule has 0 aromatic rings. The molecular formula is C30H48O4. The Bertz CT molecular complexity index is 841. The van der Waals surface area contributed by atoms with Gasteiger partial charge in [-0.2, -0.15) is 0 Å². The van der Waals surface area contributed by atoms with E-state index in [9.17, 15) is 14.4 Å². The van der Waals surface area contributed by atoms with Crippen LogP contribution < -0.4 is 0 Å². The fraction of sp³-hybridized carbons (Fsp3) is 0.833. The molecule has 0 aromatic heterocycles. The molecule has 0 spiro atoms. The molecule has 0 aromatic carbocycles. The molecule has 2 saturated carbocycles. The Hall–Kier alpha value is -1.45. The predicted molar refractivity (Wildman–Crippen MR) is 136 cm³/mol. The van der Waals surface area contributed by atoms with Gasteiger partial charge < -0.3 is 4.74 Å². The van der Waals surface area contributed by atoms with Crippen LogP contribution >= 0.6 is 0 Å². The quantitative estimate of drug-likeness (QED) is 0.269. The Morgan fingerprint density at radius 1 is 1.06 bits per heavy atom. The van der Waals surface area contributed by atoms with Crippen molar-refractivity contribution >= 4 is 17.5 Å². The van der Waals surface area contributed by atoms with Gasteiger partial charge in [0.15, 0.2) is 0 Å². The van der Waals surface area contributed by atoms with Crippen LogP contribution in [0, 0.1) is 45.8 Å². The summed E-state index contributed by atoms with van der Waals surface area (Å²) in [5, 5.41) is 0. The van der Waals surface area contributed by atoms with Gasteiger partial charge in [-0.05, 0) is 85.4 Å². The van der Waals surface area contributed by atoms with E-state index in [-0.39, 0.29) is 33.9 Å². The number of ether oxygens (including phenoxy) is 1. The van der Waals surface area contributed by atoms with Gasteiger partial charge in [-0.15, -0.1) is 0 Å². The Balaban J connectivity index is 1.90. The van der Waals surface area contributed by atoms with E-state index in [1.165, 1.54) is 19.1 Å². The van der Waals surface area contributed by atoms with Crippen molar-refractivity contribution in [3.05, 3.63) is 11.6 Å². The lowest BCUT2D eigenvalue weighted by Gasteiger charge is -2.60. The van der Waals surface area contributed by atoms with Crippen molar-refractivity contribution < 1.29 is 19.1 Å². The number of hydrogen-bond donors (Lipinski definition) is 0. The zero-order valence-electron chi connectivity index (χ0n) is 23.0. The van der Waals surface area contributed by atoms with E-state index in [1.54, 1.807) is 6.92 Å². The Morgan fingerprint density at radius 2 is 1.74 bits per heavy atom. The van der Waals surface area contributed by atoms with Crippen molar-refractivity contribution in [3.63, 3.8) is 0 Å². The number of allylic oxidation sites excluding steroid dienone is 2. The van der Waals surface area contributed by atoms with Gasteiger partial charge in [0.1, 0.15) is 11.6 Å². The monoisotopic (exact) mass is 472 g/mol. The SMILES string of the molecule is COC(=O)CC[C@@]1(C)[C@H](C(C)=O)CC=C2[C@@H]1CC[C@@]1(C)[C@H]([C@@H](C)CC(=O)CC(C)C)CC[C@]21C. The third-order valence-electron chi connectivity index (χ3n) is 10.6. The molecule has 34 heavy (non-hydrogen) atoms. The van der Waals surface area contributed by atoms with Crippen molar-refractivity contribution in [3.8, 4) is 0 Å². The van der Waals surface area contributed by atoms with Crippen LogP contribution in [-0.4, -0.2) is 24.6 Å². The summed E-state index contributed by atoms with van der Waals surface area (Å²) in [5.41, 5.74) is 1.57.